The number of nitrogens with zero attached hydrogens (tertiary/aromatic N) is 4. The minimum absolute atomic E-state index is 0.0898. The van der Waals surface area contributed by atoms with Crippen LogP contribution in [0.2, 0.25) is 0 Å². The molecule has 21 heteroatoms. The summed E-state index contributed by atoms with van der Waals surface area (Å²) < 4.78 is 52.5. The lowest BCUT2D eigenvalue weighted by Gasteiger charge is -2.24. The Labute approximate surface area is 172 Å². The fourth-order valence-electron chi connectivity index (χ4n) is 2.74. The zero-order chi connectivity index (χ0) is 23.2. The monoisotopic (exact) mass is 506 g/mol. The molecule has 18 nitrogen and oxygen atoms in total. The van der Waals surface area contributed by atoms with Gasteiger partial charge in [-0.05, 0) is 0 Å². The molecule has 31 heavy (non-hydrogen) atoms. The van der Waals surface area contributed by atoms with Gasteiger partial charge in [0.1, 0.15) is 30.4 Å². The highest BCUT2D eigenvalue weighted by Crippen LogP contribution is 2.66. The Bertz CT molecular complexity index is 1110. The van der Waals surface area contributed by atoms with Crippen LogP contribution in [-0.2, 0) is 31.6 Å². The van der Waals surface area contributed by atoms with E-state index in [0.717, 1.165) is 0 Å². The van der Waals surface area contributed by atoms with E-state index in [4.69, 9.17) is 30.9 Å². The van der Waals surface area contributed by atoms with Crippen molar-refractivity contribution in [2.45, 2.75) is 31.1 Å². The van der Waals surface area contributed by atoms with Crippen LogP contribution < -0.4 is 11.5 Å². The molecule has 2 aromatic heterocycles. The van der Waals surface area contributed by atoms with Gasteiger partial charge < -0.3 is 40.9 Å². The fourth-order valence-corrected chi connectivity index (χ4v) is 5.82. The number of imidazole rings is 1. The number of aromatic nitrogens is 4. The smallest absolute Gasteiger partial charge is 0.390 e. The lowest BCUT2D eigenvalue weighted by Crippen LogP contribution is -2.42. The van der Waals surface area contributed by atoms with Crippen molar-refractivity contribution in [1.29, 1.82) is 0 Å². The zero-order valence-corrected chi connectivity index (χ0v) is 17.7. The Kier molecular flexibility index (Phi) is 6.68. The van der Waals surface area contributed by atoms with Crippen molar-refractivity contribution in [3.8, 4) is 0 Å². The van der Waals surface area contributed by atoms with Gasteiger partial charge in [-0.25, -0.2) is 28.6 Å². The van der Waals surface area contributed by atoms with Crippen molar-refractivity contribution in [3.63, 3.8) is 0 Å². The molecule has 3 rings (SSSR count). The standard InChI is InChI=1S/C10H17N6O12P3/c11-8-6-10(14-2-13-8)16(3-15-6)5-1-4(17)7(25-5)9(12)26-30(21,22)28-31(23,24)27-29(18,19)20/h2-5,7,9,17H,1,12H2,(H,21,22)(H,23,24)(H2,11,13,14)(H2,18,19,20)/t4-,5+,7-,9?/m0/s1. The molecule has 0 aromatic carbocycles. The van der Waals surface area contributed by atoms with E-state index in [1.165, 1.54) is 17.2 Å². The molecule has 0 amide bonds. The number of phosphoric ester groups is 1. The molecule has 0 saturated carbocycles. The van der Waals surface area contributed by atoms with Gasteiger partial charge in [-0.3, -0.25) is 9.09 Å². The summed E-state index contributed by atoms with van der Waals surface area (Å²) in [6.45, 7) is 0. The summed E-state index contributed by atoms with van der Waals surface area (Å²) in [6.07, 6.45) is -3.18. The number of hydrogen-bond donors (Lipinski definition) is 7. The van der Waals surface area contributed by atoms with Crippen molar-refractivity contribution in [1.82, 2.24) is 19.5 Å². The molecular weight excluding hydrogens is 489 g/mol. The highest BCUT2D eigenvalue weighted by Gasteiger charge is 2.46. The van der Waals surface area contributed by atoms with Crippen LogP contribution in [0.4, 0.5) is 5.82 Å². The van der Waals surface area contributed by atoms with E-state index in [2.05, 4.69) is 28.1 Å². The third-order valence-electron chi connectivity index (χ3n) is 3.83. The molecule has 0 aliphatic carbocycles. The predicted molar refractivity (Wildman–Crippen MR) is 97.2 cm³/mol. The molecule has 0 spiro atoms. The van der Waals surface area contributed by atoms with E-state index in [9.17, 15) is 23.7 Å². The van der Waals surface area contributed by atoms with Crippen LogP contribution in [0.3, 0.4) is 0 Å². The van der Waals surface area contributed by atoms with Gasteiger partial charge >= 0.3 is 23.5 Å². The highest BCUT2D eigenvalue weighted by atomic mass is 31.3. The molecule has 2 aromatic rings. The Morgan fingerprint density at radius 2 is 1.81 bits per heavy atom. The first-order chi connectivity index (χ1) is 14.2. The number of aliphatic hydroxyl groups excluding tert-OH is 1. The third kappa shape index (κ3) is 5.91. The average Bonchev–Trinajstić information content (AvgIpc) is 3.15. The number of aliphatic hydroxyl groups is 1. The number of hydrogen-bond acceptors (Lipinski definition) is 13. The summed E-state index contributed by atoms with van der Waals surface area (Å²) in [4.78, 5) is 47.6. The van der Waals surface area contributed by atoms with Gasteiger partial charge in [-0.15, -0.1) is 0 Å². The molecule has 3 heterocycles. The van der Waals surface area contributed by atoms with E-state index in [-0.39, 0.29) is 23.4 Å². The quantitative estimate of drug-likeness (QED) is 0.161. The Hall–Kier alpha value is -1.36. The van der Waals surface area contributed by atoms with Crippen LogP contribution in [0.25, 0.3) is 11.2 Å². The number of ether oxygens (including phenoxy) is 1. The van der Waals surface area contributed by atoms with E-state index < -0.39 is 48.1 Å². The van der Waals surface area contributed by atoms with Crippen LogP contribution in [-0.4, -0.2) is 62.6 Å². The van der Waals surface area contributed by atoms with Gasteiger partial charge in [0.2, 0.25) is 0 Å². The average molecular weight is 506 g/mol. The number of anilines is 1. The van der Waals surface area contributed by atoms with Gasteiger partial charge in [-0.1, -0.05) is 0 Å². The van der Waals surface area contributed by atoms with Gasteiger partial charge in [0, 0.05) is 6.42 Å². The zero-order valence-electron chi connectivity index (χ0n) is 15.1. The summed E-state index contributed by atoms with van der Waals surface area (Å²) >= 11 is 0. The number of fused-ring (bicyclic) bond motifs is 1. The molecular formula is C10H17N6O12P3. The summed E-state index contributed by atoms with van der Waals surface area (Å²) in [5.74, 6) is 0.100. The summed E-state index contributed by atoms with van der Waals surface area (Å²) in [6, 6.07) is 0. The Morgan fingerprint density at radius 3 is 2.45 bits per heavy atom. The van der Waals surface area contributed by atoms with Gasteiger partial charge in [0.15, 0.2) is 11.5 Å². The lowest BCUT2D eigenvalue weighted by atomic mass is 10.1. The summed E-state index contributed by atoms with van der Waals surface area (Å²) in [5, 5.41) is 10.2. The maximum absolute atomic E-state index is 11.9. The van der Waals surface area contributed by atoms with Crippen LogP contribution in [0.5, 0.6) is 0 Å². The van der Waals surface area contributed by atoms with Gasteiger partial charge in [0.25, 0.3) is 0 Å². The Morgan fingerprint density at radius 1 is 1.13 bits per heavy atom. The lowest BCUT2D eigenvalue weighted by molar-refractivity contribution is -0.0764. The second-order valence-electron chi connectivity index (χ2n) is 6.10. The first kappa shape index (κ1) is 24.3. The second-order valence-corrected chi connectivity index (χ2v) is 10.5. The van der Waals surface area contributed by atoms with Crippen LogP contribution in [0, 0.1) is 0 Å². The van der Waals surface area contributed by atoms with E-state index in [0.29, 0.717) is 0 Å². The molecule has 6 atom stereocenters. The molecule has 9 N–H and O–H groups in total. The van der Waals surface area contributed by atoms with E-state index in [1.54, 1.807) is 0 Å². The molecule has 1 saturated heterocycles. The predicted octanol–water partition coefficient (Wildman–Crippen LogP) is -1.31. The topological polar surface area (TPSA) is 285 Å². The second kappa shape index (κ2) is 8.53. The van der Waals surface area contributed by atoms with E-state index >= 15 is 0 Å². The highest BCUT2D eigenvalue weighted by molar-refractivity contribution is 7.66. The normalized spacial score (nSPS) is 27.1. The molecule has 1 aliphatic rings. The van der Waals surface area contributed by atoms with Crippen molar-refractivity contribution in [2.24, 2.45) is 5.73 Å². The van der Waals surface area contributed by atoms with Crippen molar-refractivity contribution in [2.75, 3.05) is 5.73 Å². The van der Waals surface area contributed by atoms with Gasteiger partial charge in [-0.2, -0.15) is 8.62 Å². The molecule has 174 valence electrons. The SMILES string of the molecule is Nc1ncnc2c1ncn2[C@H]1C[C@H](O)[C@@H](C(N)OP(=O)(O)OP(=O)(O)OP(=O)(O)O)O1. The van der Waals surface area contributed by atoms with Crippen LogP contribution in [0.1, 0.15) is 12.6 Å². The Balaban J connectivity index is 1.70. The minimum atomic E-state index is -5.72. The first-order valence-corrected chi connectivity index (χ1v) is 12.5. The molecule has 0 bridgehead atoms. The summed E-state index contributed by atoms with van der Waals surface area (Å²) in [5.41, 5.74) is 11.8. The fraction of sp³-hybridized carbons (Fsp3) is 0.500. The van der Waals surface area contributed by atoms with Crippen molar-refractivity contribution < 1.29 is 56.3 Å². The number of nitrogen functional groups attached to an aromatic ring is 1. The molecule has 0 radical (unpaired) electrons. The largest absolute Gasteiger partial charge is 0.490 e. The van der Waals surface area contributed by atoms with Crippen LogP contribution in [0.15, 0.2) is 12.7 Å². The molecule has 3 unspecified atom stereocenters. The van der Waals surface area contributed by atoms with Crippen molar-refractivity contribution >= 4 is 40.4 Å². The maximum Gasteiger partial charge on any atom is 0.490 e. The number of nitrogens with two attached hydrogens (primary N) is 2. The van der Waals surface area contributed by atoms with Crippen LogP contribution >= 0.6 is 23.5 Å². The number of rotatable bonds is 8. The molecule has 1 aliphatic heterocycles. The third-order valence-corrected chi connectivity index (χ3v) is 7.67. The molecule has 1 fully saturated rings. The minimum Gasteiger partial charge on any atom is -0.390 e. The maximum atomic E-state index is 11.9. The number of phosphoric acid groups is 3. The first-order valence-electron chi connectivity index (χ1n) is 8.02. The van der Waals surface area contributed by atoms with Crippen molar-refractivity contribution in [3.05, 3.63) is 12.7 Å². The van der Waals surface area contributed by atoms with Gasteiger partial charge in [0.05, 0.1) is 12.4 Å². The summed E-state index contributed by atoms with van der Waals surface area (Å²) in [7, 11) is -16.8. The van der Waals surface area contributed by atoms with E-state index in [1.807, 2.05) is 0 Å².